The Morgan fingerprint density at radius 2 is 1.47 bits per heavy atom. The van der Waals surface area contributed by atoms with E-state index in [1.165, 1.54) is 12.5 Å². The molecule has 4 amide bonds. The number of carbonyl (C=O) groups excluding carboxylic acids is 4. The van der Waals surface area contributed by atoms with Crippen molar-refractivity contribution in [2.24, 2.45) is 17.4 Å². The van der Waals surface area contributed by atoms with Crippen LogP contribution in [0, 0.1) is 5.92 Å². The first-order valence-electron chi connectivity index (χ1n) is 11.2. The number of aromatic amines is 1. The van der Waals surface area contributed by atoms with Crippen LogP contribution >= 0.6 is 0 Å². The average molecular weight is 512 g/mol. The molecule has 0 aromatic carbocycles. The summed E-state index contributed by atoms with van der Waals surface area (Å²) in [5.41, 5.74) is 11.4. The van der Waals surface area contributed by atoms with Crippen molar-refractivity contribution in [3.05, 3.63) is 18.2 Å². The zero-order valence-electron chi connectivity index (χ0n) is 20.0. The molecule has 0 radical (unpaired) electrons. The van der Waals surface area contributed by atoms with Gasteiger partial charge >= 0.3 is 11.9 Å². The second kappa shape index (κ2) is 14.4. The van der Waals surface area contributed by atoms with E-state index in [1.807, 2.05) is 0 Å². The van der Waals surface area contributed by atoms with Gasteiger partial charge < -0.3 is 42.6 Å². The number of aliphatic carboxylic acids is 2. The van der Waals surface area contributed by atoms with Crippen LogP contribution in [0.4, 0.5) is 0 Å². The summed E-state index contributed by atoms with van der Waals surface area (Å²) < 4.78 is 0. The number of hydrogen-bond donors (Lipinski definition) is 8. The third kappa shape index (κ3) is 10.5. The summed E-state index contributed by atoms with van der Waals surface area (Å²) in [6.45, 7) is 3.41. The van der Waals surface area contributed by atoms with Crippen molar-refractivity contribution in [1.82, 2.24) is 25.9 Å². The summed E-state index contributed by atoms with van der Waals surface area (Å²) in [7, 11) is 0. The summed E-state index contributed by atoms with van der Waals surface area (Å²) >= 11 is 0. The van der Waals surface area contributed by atoms with E-state index in [0.29, 0.717) is 5.69 Å². The number of rotatable bonds is 16. The summed E-state index contributed by atoms with van der Waals surface area (Å²) in [5, 5.41) is 25.3. The Labute approximate surface area is 206 Å². The maximum atomic E-state index is 13.0. The third-order valence-electron chi connectivity index (χ3n) is 5.21. The normalized spacial score (nSPS) is 14.2. The van der Waals surface area contributed by atoms with Gasteiger partial charge in [-0.1, -0.05) is 13.8 Å². The predicted octanol–water partition coefficient (Wildman–Crippen LogP) is -2.40. The number of amides is 4. The number of carboxylic acids is 2. The standard InChI is InChI=1S/C21H33N7O8/c1-10(2)17(23)20(34)26-12(3-5-15(22)29)18(32)28-14(7-11-8-24-9-25-11)19(33)27-13(21(35)36)4-6-16(30)31/h8-10,12-14,17H,3-7,23H2,1-2H3,(H2,22,29)(H,24,25)(H,26,34)(H,27,33)(H,28,32)(H,30,31)(H,35,36). The van der Waals surface area contributed by atoms with Gasteiger partial charge in [-0.15, -0.1) is 0 Å². The molecule has 1 heterocycles. The highest BCUT2D eigenvalue weighted by Crippen LogP contribution is 2.06. The molecule has 0 saturated heterocycles. The van der Waals surface area contributed by atoms with Crippen LogP contribution < -0.4 is 27.4 Å². The molecule has 0 saturated carbocycles. The van der Waals surface area contributed by atoms with Crippen LogP contribution in [0.2, 0.25) is 0 Å². The molecule has 0 spiro atoms. The maximum Gasteiger partial charge on any atom is 0.326 e. The fraction of sp³-hybridized carbons (Fsp3) is 0.571. The summed E-state index contributed by atoms with van der Waals surface area (Å²) in [4.78, 5) is 78.6. The Bertz CT molecular complexity index is 935. The average Bonchev–Trinajstić information content (AvgIpc) is 3.30. The van der Waals surface area contributed by atoms with Crippen molar-refractivity contribution in [3.8, 4) is 0 Å². The van der Waals surface area contributed by atoms with E-state index >= 15 is 0 Å². The first-order valence-corrected chi connectivity index (χ1v) is 11.2. The predicted molar refractivity (Wildman–Crippen MR) is 124 cm³/mol. The molecule has 200 valence electrons. The third-order valence-corrected chi connectivity index (χ3v) is 5.21. The van der Waals surface area contributed by atoms with Gasteiger partial charge in [-0.2, -0.15) is 0 Å². The van der Waals surface area contributed by atoms with Crippen molar-refractivity contribution in [2.75, 3.05) is 0 Å². The zero-order valence-corrected chi connectivity index (χ0v) is 20.0. The number of nitrogens with two attached hydrogens (primary N) is 2. The fourth-order valence-electron chi connectivity index (χ4n) is 3.02. The van der Waals surface area contributed by atoms with E-state index in [0.717, 1.165) is 0 Å². The van der Waals surface area contributed by atoms with Crippen LogP contribution in [-0.2, 0) is 35.2 Å². The first-order chi connectivity index (χ1) is 16.8. The molecular formula is C21H33N7O8. The molecule has 1 aromatic heterocycles. The zero-order chi connectivity index (χ0) is 27.4. The number of nitrogens with zero attached hydrogens (tertiary/aromatic N) is 1. The van der Waals surface area contributed by atoms with Gasteiger partial charge in [0.15, 0.2) is 0 Å². The molecule has 0 bridgehead atoms. The lowest BCUT2D eigenvalue weighted by Gasteiger charge is -2.25. The second-order valence-electron chi connectivity index (χ2n) is 8.51. The van der Waals surface area contributed by atoms with Crippen LogP contribution in [0.5, 0.6) is 0 Å². The lowest BCUT2D eigenvalue weighted by Crippen LogP contribution is -2.58. The SMILES string of the molecule is CC(C)C(N)C(=O)NC(CCC(N)=O)C(=O)NC(Cc1cnc[nH]1)C(=O)NC(CCC(=O)O)C(=O)O. The Hall–Kier alpha value is -4.01. The molecule has 1 rings (SSSR count). The van der Waals surface area contributed by atoms with Crippen molar-refractivity contribution in [2.45, 2.75) is 70.1 Å². The van der Waals surface area contributed by atoms with Crippen molar-refractivity contribution in [1.29, 1.82) is 0 Å². The molecule has 15 nitrogen and oxygen atoms in total. The summed E-state index contributed by atoms with van der Waals surface area (Å²) in [6.07, 6.45) is 1.28. The lowest BCUT2D eigenvalue weighted by atomic mass is 10.0. The van der Waals surface area contributed by atoms with Crippen molar-refractivity contribution < 1.29 is 39.0 Å². The van der Waals surface area contributed by atoms with E-state index in [-0.39, 0.29) is 31.6 Å². The largest absolute Gasteiger partial charge is 0.481 e. The van der Waals surface area contributed by atoms with Gasteiger partial charge in [0.2, 0.25) is 23.6 Å². The monoisotopic (exact) mass is 511 g/mol. The van der Waals surface area contributed by atoms with Gasteiger partial charge in [0, 0.05) is 31.2 Å². The highest BCUT2D eigenvalue weighted by Gasteiger charge is 2.31. The maximum absolute atomic E-state index is 13.0. The topological polar surface area (TPSA) is 260 Å². The number of hydrogen-bond acceptors (Lipinski definition) is 8. The highest BCUT2D eigenvalue weighted by molar-refractivity contribution is 5.94. The quantitative estimate of drug-likeness (QED) is 0.117. The number of aromatic nitrogens is 2. The minimum atomic E-state index is -1.52. The molecule has 0 fully saturated rings. The van der Waals surface area contributed by atoms with Crippen LogP contribution in [0.15, 0.2) is 12.5 Å². The van der Waals surface area contributed by atoms with E-state index in [9.17, 15) is 33.9 Å². The smallest absolute Gasteiger partial charge is 0.326 e. The Kier molecular flexibility index (Phi) is 12.0. The summed E-state index contributed by atoms with van der Waals surface area (Å²) in [5.74, 6) is -6.06. The van der Waals surface area contributed by atoms with Crippen LogP contribution in [0.25, 0.3) is 0 Å². The Morgan fingerprint density at radius 3 is 1.97 bits per heavy atom. The number of nitrogens with one attached hydrogen (secondary N) is 4. The van der Waals surface area contributed by atoms with Crippen molar-refractivity contribution >= 4 is 35.6 Å². The fourth-order valence-corrected chi connectivity index (χ4v) is 3.02. The van der Waals surface area contributed by atoms with Crippen molar-refractivity contribution in [3.63, 3.8) is 0 Å². The van der Waals surface area contributed by atoms with Gasteiger partial charge in [-0.25, -0.2) is 9.78 Å². The molecular weight excluding hydrogens is 478 g/mol. The van der Waals surface area contributed by atoms with Gasteiger partial charge in [-0.05, 0) is 18.8 Å². The molecule has 1 aromatic rings. The molecule has 36 heavy (non-hydrogen) atoms. The minimum Gasteiger partial charge on any atom is -0.481 e. The summed E-state index contributed by atoms with van der Waals surface area (Å²) in [6, 6.07) is -5.07. The van der Waals surface area contributed by atoms with Crippen LogP contribution in [0.1, 0.15) is 45.2 Å². The first kappa shape index (κ1) is 30.0. The number of carboxylic acid groups (broad SMARTS) is 2. The van der Waals surface area contributed by atoms with Gasteiger partial charge in [0.05, 0.1) is 12.4 Å². The molecule has 4 atom stereocenters. The van der Waals surface area contributed by atoms with E-state index in [1.54, 1.807) is 13.8 Å². The number of H-pyrrole nitrogens is 1. The van der Waals surface area contributed by atoms with Gasteiger partial charge in [-0.3, -0.25) is 24.0 Å². The number of carbonyl (C=O) groups is 6. The Morgan fingerprint density at radius 1 is 0.917 bits per heavy atom. The Balaban J connectivity index is 3.09. The molecule has 0 aliphatic carbocycles. The molecule has 0 aliphatic rings. The molecule has 15 heteroatoms. The van der Waals surface area contributed by atoms with Crippen LogP contribution in [0.3, 0.4) is 0 Å². The van der Waals surface area contributed by atoms with Crippen LogP contribution in [-0.4, -0.2) is 79.9 Å². The molecule has 4 unspecified atom stereocenters. The van der Waals surface area contributed by atoms with E-state index in [2.05, 4.69) is 25.9 Å². The molecule has 0 aliphatic heterocycles. The van der Waals surface area contributed by atoms with E-state index < -0.39 is 66.2 Å². The lowest BCUT2D eigenvalue weighted by molar-refractivity contribution is -0.143. The van der Waals surface area contributed by atoms with E-state index in [4.69, 9.17) is 16.6 Å². The second-order valence-corrected chi connectivity index (χ2v) is 8.51. The molecule has 10 N–H and O–H groups in total. The van der Waals surface area contributed by atoms with Gasteiger partial charge in [0.1, 0.15) is 18.1 Å². The minimum absolute atomic E-state index is 0.134. The van der Waals surface area contributed by atoms with Gasteiger partial charge in [0.25, 0.3) is 0 Å². The highest BCUT2D eigenvalue weighted by atomic mass is 16.4. The number of primary amides is 1. The number of imidazole rings is 1.